The zero-order chi connectivity index (χ0) is 13.8. The van der Waals surface area contributed by atoms with Crippen LogP contribution in [0.4, 0.5) is 5.69 Å². The van der Waals surface area contributed by atoms with Crippen molar-refractivity contribution in [2.24, 2.45) is 0 Å². The first-order chi connectivity index (χ1) is 9.08. The molecule has 2 rings (SSSR count). The number of hydrogen-bond donors (Lipinski definition) is 0. The summed E-state index contributed by atoms with van der Waals surface area (Å²) in [6.45, 7) is 0. The van der Waals surface area contributed by atoms with E-state index < -0.39 is 0 Å². The highest BCUT2D eigenvalue weighted by Crippen LogP contribution is 2.24. The number of carbonyl (C=O) groups excluding carboxylic acids is 1. The summed E-state index contributed by atoms with van der Waals surface area (Å²) in [6.07, 6.45) is 1.77. The van der Waals surface area contributed by atoms with E-state index in [2.05, 4.69) is 4.98 Å². The van der Waals surface area contributed by atoms with E-state index in [1.54, 1.807) is 30.5 Å². The molecule has 0 bridgehead atoms. The molecule has 1 aromatic heterocycles. The molecule has 0 spiro atoms. The fraction of sp³-hybridized carbons (Fsp3) is 0.143. The third-order valence-corrected chi connectivity index (χ3v) is 2.90. The highest BCUT2D eigenvalue weighted by molar-refractivity contribution is 6.31. The van der Waals surface area contributed by atoms with E-state index >= 15 is 0 Å². The van der Waals surface area contributed by atoms with E-state index in [1.165, 1.54) is 13.1 Å². The molecule has 0 aliphatic heterocycles. The molecule has 0 aliphatic rings. The smallest absolute Gasteiger partial charge is 0.170 e. The number of rotatable bonds is 4. The molecule has 0 N–H and O–H groups in total. The van der Waals surface area contributed by atoms with Crippen molar-refractivity contribution in [2.45, 2.75) is 6.42 Å². The maximum Gasteiger partial charge on any atom is 0.170 e. The van der Waals surface area contributed by atoms with E-state index in [1.807, 2.05) is 6.07 Å². The lowest BCUT2D eigenvalue weighted by atomic mass is 10.0. The van der Waals surface area contributed by atoms with Gasteiger partial charge >= 0.3 is 0 Å². The number of anilines is 1. The van der Waals surface area contributed by atoms with Gasteiger partial charge in [0.2, 0.25) is 0 Å². The number of ketones is 1. The summed E-state index contributed by atoms with van der Waals surface area (Å²) >= 11 is 5.88. The van der Waals surface area contributed by atoms with Gasteiger partial charge in [-0.2, -0.15) is 0 Å². The average Bonchev–Trinajstić information content (AvgIpc) is 2.39. The minimum Gasteiger partial charge on any atom is -0.758 e. The van der Waals surface area contributed by atoms with Crippen LogP contribution in [0.3, 0.4) is 0 Å². The molecule has 0 saturated carbocycles. The van der Waals surface area contributed by atoms with Crippen LogP contribution in [-0.2, 0) is 6.42 Å². The first-order valence-electron chi connectivity index (χ1n) is 5.71. The lowest BCUT2D eigenvalue weighted by Crippen LogP contribution is -2.13. The quantitative estimate of drug-likeness (QED) is 0.635. The second-order valence-electron chi connectivity index (χ2n) is 4.08. The van der Waals surface area contributed by atoms with Crippen LogP contribution in [0.25, 0.3) is 0 Å². The molecule has 0 atom stereocenters. The van der Waals surface area contributed by atoms with E-state index in [9.17, 15) is 10.0 Å². The fourth-order valence-electron chi connectivity index (χ4n) is 1.77. The average molecular weight is 276 g/mol. The van der Waals surface area contributed by atoms with Crippen molar-refractivity contribution in [1.82, 2.24) is 4.98 Å². The van der Waals surface area contributed by atoms with Crippen LogP contribution in [0.2, 0.25) is 5.02 Å². The number of pyridine rings is 1. The molecular weight excluding hydrogens is 264 g/mol. The first-order valence-corrected chi connectivity index (χ1v) is 6.09. The van der Waals surface area contributed by atoms with Crippen LogP contribution >= 0.6 is 11.6 Å². The molecule has 0 aliphatic carbocycles. The number of Topliss-reactive ketones (excluding diaryl/α,β-unsaturated/α-hetero) is 1. The molecule has 0 amide bonds. The molecule has 0 fully saturated rings. The van der Waals surface area contributed by atoms with Gasteiger partial charge in [0, 0.05) is 28.2 Å². The molecule has 0 unspecified atom stereocenters. The van der Waals surface area contributed by atoms with Gasteiger partial charge in [0.05, 0.1) is 6.42 Å². The van der Waals surface area contributed by atoms with Crippen LogP contribution in [0, 0.1) is 5.21 Å². The summed E-state index contributed by atoms with van der Waals surface area (Å²) in [7, 11) is 1.35. The van der Waals surface area contributed by atoms with Crippen LogP contribution in [0.5, 0.6) is 0 Å². The van der Waals surface area contributed by atoms with E-state index in [-0.39, 0.29) is 12.2 Å². The Morgan fingerprint density at radius 3 is 2.79 bits per heavy atom. The van der Waals surface area contributed by atoms with E-state index in [0.717, 1.165) is 0 Å². The molecule has 1 heterocycles. The maximum atomic E-state index is 12.2. The molecule has 2 aromatic rings. The van der Waals surface area contributed by atoms with Gasteiger partial charge < -0.3 is 10.3 Å². The summed E-state index contributed by atoms with van der Waals surface area (Å²) in [5, 5.41) is 12.5. The predicted octanol–water partition coefficient (Wildman–Crippen LogP) is 3.09. The topological polar surface area (TPSA) is 56.3 Å². The standard InChI is InChI=1S/C14H12ClN2O2/c1-17(19)13-6-5-10(15)8-12(13)14(18)9-11-4-2-3-7-16-11/h2-8H,9H2,1H3/q-1. The van der Waals surface area contributed by atoms with Gasteiger partial charge in [-0.05, 0) is 37.4 Å². The number of halogens is 1. The zero-order valence-electron chi connectivity index (χ0n) is 10.3. The monoisotopic (exact) mass is 275 g/mol. The second kappa shape index (κ2) is 5.82. The predicted molar refractivity (Wildman–Crippen MR) is 75.5 cm³/mol. The highest BCUT2D eigenvalue weighted by Gasteiger charge is 2.13. The largest absolute Gasteiger partial charge is 0.758 e. The minimum atomic E-state index is -0.182. The van der Waals surface area contributed by atoms with Crippen LogP contribution in [0.15, 0.2) is 42.6 Å². The zero-order valence-corrected chi connectivity index (χ0v) is 11.1. The van der Waals surface area contributed by atoms with E-state index in [4.69, 9.17) is 11.6 Å². The lowest BCUT2D eigenvalue weighted by molar-refractivity contribution is 0.0992. The maximum absolute atomic E-state index is 12.2. The molecule has 0 radical (unpaired) electrons. The summed E-state index contributed by atoms with van der Waals surface area (Å²) in [5.41, 5.74) is 1.29. The number of hydroxylamine groups is 1. The van der Waals surface area contributed by atoms with Gasteiger partial charge in [-0.15, -0.1) is 0 Å². The minimum absolute atomic E-state index is 0.141. The van der Waals surface area contributed by atoms with Gasteiger partial charge in [-0.3, -0.25) is 9.78 Å². The Labute approximate surface area is 116 Å². The normalized spacial score (nSPS) is 10.3. The van der Waals surface area contributed by atoms with Crippen molar-refractivity contribution in [2.75, 3.05) is 12.1 Å². The van der Waals surface area contributed by atoms with Crippen LogP contribution in [0.1, 0.15) is 16.1 Å². The summed E-state index contributed by atoms with van der Waals surface area (Å²) in [6, 6.07) is 10.0. The van der Waals surface area contributed by atoms with Crippen molar-refractivity contribution in [3.63, 3.8) is 0 Å². The number of hydrogen-bond acceptors (Lipinski definition) is 4. The van der Waals surface area contributed by atoms with Crippen LogP contribution < -0.4 is 5.06 Å². The molecule has 19 heavy (non-hydrogen) atoms. The molecule has 1 aromatic carbocycles. The SMILES string of the molecule is CN([O-])c1ccc(Cl)cc1C(=O)Cc1ccccn1. The van der Waals surface area contributed by atoms with Gasteiger partial charge in [0.25, 0.3) is 0 Å². The van der Waals surface area contributed by atoms with Crippen molar-refractivity contribution in [1.29, 1.82) is 0 Å². The van der Waals surface area contributed by atoms with Crippen molar-refractivity contribution in [3.8, 4) is 0 Å². The van der Waals surface area contributed by atoms with Crippen molar-refractivity contribution < 1.29 is 4.79 Å². The third-order valence-electron chi connectivity index (χ3n) is 2.67. The van der Waals surface area contributed by atoms with Gasteiger partial charge in [-0.1, -0.05) is 17.7 Å². The molecular formula is C14H12ClN2O2-. The number of benzene rings is 1. The number of carbonyl (C=O) groups is 1. The Hall–Kier alpha value is -1.91. The van der Waals surface area contributed by atoms with Crippen molar-refractivity contribution >= 4 is 23.1 Å². The Morgan fingerprint density at radius 1 is 1.37 bits per heavy atom. The Balaban J connectivity index is 2.30. The molecule has 98 valence electrons. The third kappa shape index (κ3) is 3.30. The highest BCUT2D eigenvalue weighted by atomic mass is 35.5. The summed E-state index contributed by atoms with van der Waals surface area (Å²) in [4.78, 5) is 16.3. The van der Waals surface area contributed by atoms with Crippen molar-refractivity contribution in [3.05, 3.63) is 64.1 Å². The Morgan fingerprint density at radius 2 is 2.16 bits per heavy atom. The lowest BCUT2D eigenvalue weighted by Gasteiger charge is -2.27. The van der Waals surface area contributed by atoms with Crippen LogP contribution in [-0.4, -0.2) is 17.8 Å². The fourth-order valence-corrected chi connectivity index (χ4v) is 1.94. The molecule has 5 heteroatoms. The molecule has 0 saturated heterocycles. The second-order valence-corrected chi connectivity index (χ2v) is 4.52. The Bertz CT molecular complexity index is 585. The Kier molecular flexibility index (Phi) is 4.14. The first kappa shape index (κ1) is 13.5. The van der Waals surface area contributed by atoms with E-state index in [0.29, 0.717) is 27.0 Å². The van der Waals surface area contributed by atoms with Gasteiger partial charge in [0.15, 0.2) is 5.78 Å². The summed E-state index contributed by atoms with van der Waals surface area (Å²) < 4.78 is 0. The molecule has 4 nitrogen and oxygen atoms in total. The van der Waals surface area contributed by atoms with Gasteiger partial charge in [-0.25, -0.2) is 0 Å². The number of aromatic nitrogens is 1. The van der Waals surface area contributed by atoms with Gasteiger partial charge in [0.1, 0.15) is 0 Å². The number of nitrogens with zero attached hydrogens (tertiary/aromatic N) is 2. The summed E-state index contributed by atoms with van der Waals surface area (Å²) in [5.74, 6) is -0.182.